The van der Waals surface area contributed by atoms with Gasteiger partial charge in [-0.25, -0.2) is 4.68 Å². The maximum Gasteiger partial charge on any atom is 0.275 e. The number of aromatic nitrogens is 2. The van der Waals surface area contributed by atoms with Crippen molar-refractivity contribution in [1.82, 2.24) is 9.78 Å². The minimum Gasteiger partial charge on any atom is -0.310 e. The minimum atomic E-state index is -0.232. The Kier molecular flexibility index (Phi) is 3.19. The molecule has 5 nitrogen and oxygen atoms in total. The van der Waals surface area contributed by atoms with Crippen LogP contribution in [0.5, 0.6) is 0 Å². The number of rotatable bonds is 2. The summed E-state index contributed by atoms with van der Waals surface area (Å²) in [6.45, 7) is 0.610. The summed E-state index contributed by atoms with van der Waals surface area (Å²) in [5, 5.41) is 5.50. The highest BCUT2D eigenvalue weighted by atomic mass is 16.2. The number of nitrogens with zero attached hydrogens (tertiary/aromatic N) is 3. The number of benzene rings is 2. The maximum absolute atomic E-state index is 12.6. The number of para-hydroxylation sites is 1. The number of hydrogen-bond donors (Lipinski definition) is 0. The zero-order valence-corrected chi connectivity index (χ0v) is 12.5. The molecule has 5 heteroatoms. The van der Waals surface area contributed by atoms with Gasteiger partial charge in [0.25, 0.3) is 5.56 Å². The highest BCUT2D eigenvalue weighted by Crippen LogP contribution is 2.27. The van der Waals surface area contributed by atoms with Gasteiger partial charge >= 0.3 is 0 Å². The highest BCUT2D eigenvalue weighted by Gasteiger charge is 2.24. The molecule has 0 fully saturated rings. The van der Waals surface area contributed by atoms with Crippen LogP contribution in [0.4, 0.5) is 5.69 Å². The molecule has 0 N–H and O–H groups in total. The fourth-order valence-electron chi connectivity index (χ4n) is 3.05. The molecule has 0 spiro atoms. The molecule has 3 aromatic rings. The molecule has 0 bridgehead atoms. The lowest BCUT2D eigenvalue weighted by Gasteiger charge is -2.17. The van der Waals surface area contributed by atoms with E-state index in [1.54, 1.807) is 17.2 Å². The van der Waals surface area contributed by atoms with Crippen molar-refractivity contribution in [3.8, 4) is 0 Å². The van der Waals surface area contributed by atoms with Gasteiger partial charge in [-0.1, -0.05) is 36.4 Å². The van der Waals surface area contributed by atoms with E-state index in [4.69, 9.17) is 0 Å². The number of carbonyl (C=O) groups is 1. The molecule has 0 radical (unpaired) electrons. The van der Waals surface area contributed by atoms with Crippen molar-refractivity contribution in [1.29, 1.82) is 0 Å². The van der Waals surface area contributed by atoms with Crippen molar-refractivity contribution < 1.29 is 4.79 Å². The minimum absolute atomic E-state index is 0.0436. The van der Waals surface area contributed by atoms with Crippen molar-refractivity contribution in [2.24, 2.45) is 0 Å². The fraction of sp³-hybridized carbons (Fsp3) is 0.167. The van der Waals surface area contributed by atoms with E-state index in [2.05, 4.69) is 5.10 Å². The number of carbonyl (C=O) groups excluding carboxylic acids is 1. The molecule has 1 aliphatic rings. The van der Waals surface area contributed by atoms with Gasteiger partial charge in [-0.05, 0) is 24.1 Å². The molecular formula is C18H15N3O2. The van der Waals surface area contributed by atoms with Crippen molar-refractivity contribution in [3.05, 3.63) is 70.6 Å². The Hall–Kier alpha value is -2.95. The van der Waals surface area contributed by atoms with Gasteiger partial charge in [-0.15, -0.1) is 0 Å². The Morgan fingerprint density at radius 2 is 1.87 bits per heavy atom. The molecule has 0 unspecified atom stereocenters. The van der Waals surface area contributed by atoms with Crippen LogP contribution in [0.3, 0.4) is 0 Å². The van der Waals surface area contributed by atoms with E-state index in [-0.39, 0.29) is 18.0 Å². The Labute approximate surface area is 132 Å². The van der Waals surface area contributed by atoms with Crippen LogP contribution in [0.1, 0.15) is 5.56 Å². The highest BCUT2D eigenvalue weighted by molar-refractivity contribution is 5.95. The molecule has 23 heavy (non-hydrogen) atoms. The molecule has 1 amide bonds. The zero-order valence-electron chi connectivity index (χ0n) is 12.5. The van der Waals surface area contributed by atoms with E-state index in [9.17, 15) is 9.59 Å². The summed E-state index contributed by atoms with van der Waals surface area (Å²) < 4.78 is 1.24. The lowest BCUT2D eigenvalue weighted by Crippen LogP contribution is -2.36. The van der Waals surface area contributed by atoms with Gasteiger partial charge in [-0.3, -0.25) is 9.59 Å². The van der Waals surface area contributed by atoms with Gasteiger partial charge in [0, 0.05) is 17.6 Å². The third-order valence-corrected chi connectivity index (χ3v) is 4.24. The topological polar surface area (TPSA) is 55.2 Å². The first-order valence-corrected chi connectivity index (χ1v) is 7.57. The van der Waals surface area contributed by atoms with Crippen LogP contribution in [0, 0.1) is 0 Å². The van der Waals surface area contributed by atoms with E-state index in [1.807, 2.05) is 42.5 Å². The van der Waals surface area contributed by atoms with Crippen molar-refractivity contribution in [2.45, 2.75) is 13.0 Å². The first-order valence-electron chi connectivity index (χ1n) is 7.57. The molecule has 1 aliphatic heterocycles. The van der Waals surface area contributed by atoms with Gasteiger partial charge < -0.3 is 4.90 Å². The molecule has 114 valence electrons. The van der Waals surface area contributed by atoms with Gasteiger partial charge in [-0.2, -0.15) is 5.10 Å². The molecule has 1 aromatic heterocycles. The first-order chi connectivity index (χ1) is 11.2. The number of hydrogen-bond acceptors (Lipinski definition) is 3. The molecule has 0 atom stereocenters. The Morgan fingerprint density at radius 1 is 1.09 bits per heavy atom. The molecule has 2 heterocycles. The lowest BCUT2D eigenvalue weighted by molar-refractivity contribution is -0.119. The lowest BCUT2D eigenvalue weighted by atomic mass is 10.2. The van der Waals surface area contributed by atoms with Crippen LogP contribution >= 0.6 is 0 Å². The maximum atomic E-state index is 12.6. The van der Waals surface area contributed by atoms with Gasteiger partial charge in [0.2, 0.25) is 5.91 Å². The standard InChI is InChI=1S/C18H15N3O2/c22-17(20-10-9-13-5-2-4-8-16(13)20)12-21-18(23)15-7-3-1-6-14(15)11-19-21/h1-8,11H,9-10,12H2. The summed E-state index contributed by atoms with van der Waals surface area (Å²) in [7, 11) is 0. The average molecular weight is 305 g/mol. The normalized spacial score (nSPS) is 13.3. The summed E-state index contributed by atoms with van der Waals surface area (Å²) in [4.78, 5) is 26.8. The van der Waals surface area contributed by atoms with E-state index in [0.717, 1.165) is 17.5 Å². The number of anilines is 1. The Bertz CT molecular complexity index is 962. The van der Waals surface area contributed by atoms with Crippen LogP contribution in [0.15, 0.2) is 59.5 Å². The average Bonchev–Trinajstić information content (AvgIpc) is 3.02. The summed E-state index contributed by atoms with van der Waals surface area (Å²) in [5.41, 5.74) is 1.87. The Morgan fingerprint density at radius 3 is 2.78 bits per heavy atom. The van der Waals surface area contributed by atoms with Crippen molar-refractivity contribution >= 4 is 22.4 Å². The third-order valence-electron chi connectivity index (χ3n) is 4.24. The van der Waals surface area contributed by atoms with Crippen LogP contribution in [0.2, 0.25) is 0 Å². The van der Waals surface area contributed by atoms with Crippen LogP contribution < -0.4 is 10.5 Å². The van der Waals surface area contributed by atoms with Gasteiger partial charge in [0.1, 0.15) is 6.54 Å². The van der Waals surface area contributed by atoms with E-state index in [1.165, 1.54) is 10.2 Å². The predicted molar refractivity (Wildman–Crippen MR) is 88.5 cm³/mol. The van der Waals surface area contributed by atoms with Gasteiger partial charge in [0.05, 0.1) is 11.6 Å². The second-order valence-electron chi connectivity index (χ2n) is 5.62. The molecule has 2 aromatic carbocycles. The summed E-state index contributed by atoms with van der Waals surface area (Å²) in [6.07, 6.45) is 2.48. The SMILES string of the molecule is O=C(Cn1ncc2ccccc2c1=O)N1CCc2ccccc21. The van der Waals surface area contributed by atoms with E-state index >= 15 is 0 Å². The first kappa shape index (κ1) is 13.7. The molecule has 4 rings (SSSR count). The van der Waals surface area contributed by atoms with Crippen molar-refractivity contribution in [3.63, 3.8) is 0 Å². The quantitative estimate of drug-likeness (QED) is 0.727. The molecule has 0 saturated heterocycles. The zero-order chi connectivity index (χ0) is 15.8. The monoisotopic (exact) mass is 305 g/mol. The fourth-order valence-corrected chi connectivity index (χ4v) is 3.05. The van der Waals surface area contributed by atoms with E-state index in [0.29, 0.717) is 11.9 Å². The second-order valence-corrected chi connectivity index (χ2v) is 5.62. The second kappa shape index (κ2) is 5.35. The van der Waals surface area contributed by atoms with E-state index < -0.39 is 0 Å². The third kappa shape index (κ3) is 2.30. The summed E-state index contributed by atoms with van der Waals surface area (Å²) in [5.74, 6) is -0.111. The van der Waals surface area contributed by atoms with Gasteiger partial charge in [0.15, 0.2) is 0 Å². The summed E-state index contributed by atoms with van der Waals surface area (Å²) in [6, 6.07) is 15.1. The summed E-state index contributed by atoms with van der Waals surface area (Å²) >= 11 is 0. The van der Waals surface area contributed by atoms with Crippen molar-refractivity contribution in [2.75, 3.05) is 11.4 Å². The molecule has 0 aliphatic carbocycles. The van der Waals surface area contributed by atoms with Crippen LogP contribution in [-0.4, -0.2) is 22.2 Å². The van der Waals surface area contributed by atoms with Crippen LogP contribution in [-0.2, 0) is 17.8 Å². The molecular weight excluding hydrogens is 290 g/mol. The van der Waals surface area contributed by atoms with Crippen LogP contribution in [0.25, 0.3) is 10.8 Å². The number of amides is 1. The predicted octanol–water partition coefficient (Wildman–Crippen LogP) is 1.99. The molecule has 0 saturated carbocycles. The largest absolute Gasteiger partial charge is 0.310 e. The smallest absolute Gasteiger partial charge is 0.275 e. The number of fused-ring (bicyclic) bond motifs is 2. The Balaban J connectivity index is 1.65.